The van der Waals surface area contributed by atoms with Crippen LogP contribution in [0.4, 0.5) is 0 Å². The maximum atomic E-state index is 8.73. The molecule has 67 heavy (non-hydrogen) atoms. The molecule has 0 unspecified atom stereocenters. The molecule has 10 aromatic rings. The Kier molecular flexibility index (Phi) is 13.6. The van der Waals surface area contributed by atoms with Gasteiger partial charge in [-0.3, -0.25) is 4.98 Å². The number of hydrogen-bond acceptors (Lipinski definition) is 3. The van der Waals surface area contributed by atoms with Crippen molar-refractivity contribution in [2.45, 2.75) is 79.4 Å². The number of fused-ring (bicyclic) bond motifs is 4. The fraction of sp³-hybridized carbons (Fsp3) is 0.213. The Morgan fingerprint density at radius 2 is 1.25 bits per heavy atom. The summed E-state index contributed by atoms with van der Waals surface area (Å²) < 4.78 is 22.4. The van der Waals surface area contributed by atoms with Crippen molar-refractivity contribution in [1.29, 1.82) is 0 Å². The standard InChI is InChI=1S/C37H31N2S.C24H28NSi.Ir/c1-23(2)29-21-27(25-12-6-5-7-13-25)22-30(24(3)4)36(29)39-33-16-10-9-15-32(33)38-37(39)26-18-19-35-31(20-26)28-14-8-11-17-34(28)40-35;1-18(2)14-22-16-23(25-17-24(22)26(3,4)5)21-13-9-12-20(15-21)19-10-7-6-8-11-19;/h5-17,19-24H,1-4H3;6-12,15-18H,14H2,1-5H3;/q2*-1;/i;14D2;. The minimum Gasteiger partial charge on any atom is -0.333 e. The van der Waals surface area contributed by atoms with Crippen LogP contribution in [0.1, 0.15) is 72.8 Å². The average molecular weight is 1090 g/mol. The van der Waals surface area contributed by atoms with Crippen molar-refractivity contribution < 1.29 is 22.8 Å². The predicted molar refractivity (Wildman–Crippen MR) is 287 cm³/mol. The summed E-state index contributed by atoms with van der Waals surface area (Å²) in [5.41, 5.74) is 14.3. The molecule has 0 N–H and O–H groups in total. The maximum Gasteiger partial charge on any atom is 0.0798 e. The van der Waals surface area contributed by atoms with Crippen LogP contribution in [-0.4, -0.2) is 22.6 Å². The van der Waals surface area contributed by atoms with E-state index in [4.69, 9.17) is 12.7 Å². The number of nitrogens with zero attached hydrogens (tertiary/aromatic N) is 3. The summed E-state index contributed by atoms with van der Waals surface area (Å²) in [6.45, 7) is 19.8. The van der Waals surface area contributed by atoms with Gasteiger partial charge in [0.15, 0.2) is 0 Å². The third-order valence-electron chi connectivity index (χ3n) is 12.2. The fourth-order valence-corrected chi connectivity index (χ4v) is 11.4. The number of imidazole rings is 1. The molecule has 0 aliphatic carbocycles. The Morgan fingerprint density at radius 1 is 0.627 bits per heavy atom. The van der Waals surface area contributed by atoms with Crippen LogP contribution in [0, 0.1) is 18.1 Å². The SMILES string of the molecule is CC(C)c1cc(-c2ccccc2)cc(C(C)C)c1-n1c(-c2[c-]cc3sc4ccccc4c3c2)nc2ccccc21.[2H]C([2H])(c1cc(-c2[c-]ccc(-c3ccccc3)c2)ncc1[Si](C)(C)C)C(C)C.[Ir]. The van der Waals surface area contributed by atoms with Gasteiger partial charge in [0, 0.05) is 39.4 Å². The molecule has 3 aromatic heterocycles. The van der Waals surface area contributed by atoms with Crippen LogP contribution < -0.4 is 5.19 Å². The molecule has 10 rings (SSSR count). The zero-order chi connectivity index (χ0) is 47.9. The Bertz CT molecular complexity index is 3380. The van der Waals surface area contributed by atoms with Crippen molar-refractivity contribution in [1.82, 2.24) is 14.5 Å². The zero-order valence-electron chi connectivity index (χ0n) is 41.9. The topological polar surface area (TPSA) is 30.7 Å². The van der Waals surface area contributed by atoms with E-state index < -0.39 is 14.4 Å². The van der Waals surface area contributed by atoms with Gasteiger partial charge in [0.25, 0.3) is 0 Å². The molecular formula is C61H59IrN3SSi-2. The van der Waals surface area contributed by atoms with Crippen LogP contribution in [0.15, 0.2) is 164 Å². The summed E-state index contributed by atoms with van der Waals surface area (Å²) >= 11 is 1.82. The van der Waals surface area contributed by atoms with Crippen LogP contribution in [0.3, 0.4) is 0 Å². The molecule has 0 spiro atoms. The molecule has 7 aromatic carbocycles. The van der Waals surface area contributed by atoms with Gasteiger partial charge in [-0.25, -0.2) is 0 Å². The predicted octanol–water partition coefficient (Wildman–Crippen LogP) is 16.7. The first-order chi connectivity index (χ1) is 32.6. The molecule has 0 amide bonds. The molecule has 3 nitrogen and oxygen atoms in total. The second-order valence-corrected chi connectivity index (χ2v) is 25.3. The van der Waals surface area contributed by atoms with E-state index in [9.17, 15) is 0 Å². The number of para-hydroxylation sites is 2. The first-order valence-electron chi connectivity index (χ1n) is 24.2. The molecule has 0 aliphatic heterocycles. The molecule has 0 saturated carbocycles. The van der Waals surface area contributed by atoms with Crippen molar-refractivity contribution in [3.8, 4) is 50.6 Å². The van der Waals surface area contributed by atoms with Crippen molar-refractivity contribution in [2.24, 2.45) is 5.92 Å². The third kappa shape index (κ3) is 10.1. The largest absolute Gasteiger partial charge is 0.333 e. The normalized spacial score (nSPS) is 12.4. The van der Waals surface area contributed by atoms with Gasteiger partial charge in [-0.05, 0) is 103 Å². The van der Waals surface area contributed by atoms with E-state index in [2.05, 4.69) is 185 Å². The number of rotatable bonds is 10. The molecule has 0 saturated heterocycles. The van der Waals surface area contributed by atoms with Gasteiger partial charge in [0.05, 0.1) is 24.9 Å². The Hall–Kier alpha value is -5.75. The summed E-state index contributed by atoms with van der Waals surface area (Å²) in [7, 11) is -1.73. The summed E-state index contributed by atoms with van der Waals surface area (Å²) in [4.78, 5) is 9.97. The first-order valence-corrected chi connectivity index (χ1v) is 27.5. The summed E-state index contributed by atoms with van der Waals surface area (Å²) in [5, 5.41) is 3.65. The van der Waals surface area contributed by atoms with Gasteiger partial charge >= 0.3 is 0 Å². The molecule has 0 bridgehead atoms. The Balaban J connectivity index is 0.000000196. The molecule has 1 radical (unpaired) electrons. The van der Waals surface area contributed by atoms with Gasteiger partial charge in [-0.15, -0.1) is 59.2 Å². The minimum absolute atomic E-state index is 0. The monoisotopic (exact) mass is 1090 g/mol. The Morgan fingerprint density at radius 3 is 1.91 bits per heavy atom. The third-order valence-corrected chi connectivity index (χ3v) is 15.3. The molecule has 339 valence electrons. The quantitative estimate of drug-likeness (QED) is 0.101. The minimum atomic E-state index is -1.73. The average Bonchev–Trinajstić information content (AvgIpc) is 3.92. The van der Waals surface area contributed by atoms with E-state index in [1.54, 1.807) is 0 Å². The van der Waals surface area contributed by atoms with Crippen LogP contribution >= 0.6 is 11.3 Å². The number of hydrogen-bond donors (Lipinski definition) is 0. The number of pyridine rings is 1. The Labute approximate surface area is 419 Å². The van der Waals surface area contributed by atoms with Gasteiger partial charge < -0.3 is 9.55 Å². The molecule has 0 aliphatic rings. The second kappa shape index (κ2) is 20.2. The van der Waals surface area contributed by atoms with E-state index in [1.165, 1.54) is 48.1 Å². The van der Waals surface area contributed by atoms with Gasteiger partial charge in [-0.1, -0.05) is 169 Å². The molecule has 0 fully saturated rings. The first kappa shape index (κ1) is 45.0. The fourth-order valence-electron chi connectivity index (χ4n) is 8.90. The molecule has 0 atom stereocenters. The van der Waals surface area contributed by atoms with Crippen LogP contribution in [0.2, 0.25) is 19.6 Å². The van der Waals surface area contributed by atoms with Crippen molar-refractivity contribution in [2.75, 3.05) is 0 Å². The zero-order valence-corrected chi connectivity index (χ0v) is 44.1. The maximum absolute atomic E-state index is 8.73. The number of aromatic nitrogens is 3. The summed E-state index contributed by atoms with van der Waals surface area (Å²) in [6.07, 6.45) is 0.504. The van der Waals surface area contributed by atoms with Gasteiger partial charge in [0.2, 0.25) is 0 Å². The van der Waals surface area contributed by atoms with Crippen molar-refractivity contribution in [3.63, 3.8) is 0 Å². The van der Waals surface area contributed by atoms with Gasteiger partial charge in [-0.2, -0.15) is 11.3 Å². The van der Waals surface area contributed by atoms with E-state index in [1.807, 2.05) is 67.8 Å². The van der Waals surface area contributed by atoms with E-state index in [-0.39, 0.29) is 26.0 Å². The summed E-state index contributed by atoms with van der Waals surface area (Å²) in [5.74, 6) is 1.49. The molecular weight excluding hydrogens is 1030 g/mol. The summed E-state index contributed by atoms with van der Waals surface area (Å²) in [6, 6.07) is 62.3. The van der Waals surface area contributed by atoms with Crippen LogP contribution in [0.25, 0.3) is 81.8 Å². The smallest absolute Gasteiger partial charge is 0.0798 e. The van der Waals surface area contributed by atoms with E-state index in [0.717, 1.165) is 55.6 Å². The number of thiophene rings is 1. The number of benzene rings is 7. The van der Waals surface area contributed by atoms with Crippen LogP contribution in [0.5, 0.6) is 0 Å². The van der Waals surface area contributed by atoms with Crippen molar-refractivity contribution >= 4 is 55.8 Å². The molecule has 3 heterocycles. The van der Waals surface area contributed by atoms with E-state index >= 15 is 0 Å². The van der Waals surface area contributed by atoms with E-state index in [0.29, 0.717) is 11.8 Å². The van der Waals surface area contributed by atoms with Crippen LogP contribution in [-0.2, 0) is 26.5 Å². The van der Waals surface area contributed by atoms with Crippen molar-refractivity contribution in [3.05, 3.63) is 193 Å². The van der Waals surface area contributed by atoms with Gasteiger partial charge in [0.1, 0.15) is 0 Å². The molecule has 6 heteroatoms. The second-order valence-electron chi connectivity index (χ2n) is 19.2.